The second kappa shape index (κ2) is 9.59. The lowest BCUT2D eigenvalue weighted by Crippen LogP contribution is -2.52. The van der Waals surface area contributed by atoms with E-state index in [1.165, 1.54) is 0 Å². The van der Waals surface area contributed by atoms with Crippen LogP contribution in [0.3, 0.4) is 0 Å². The quantitative estimate of drug-likeness (QED) is 0.632. The Morgan fingerprint density at radius 2 is 1.57 bits per heavy atom. The molecule has 0 spiro atoms. The van der Waals surface area contributed by atoms with Crippen LogP contribution in [-0.2, 0) is 15.0 Å². The SMILES string of the molecule is CCOc1ccc(OC(C)C(=O)NNC(=O)C(C)(C)c2ccc(Br)cc2)cc1. The normalized spacial score (nSPS) is 12.0. The molecule has 7 heteroatoms. The number of benzene rings is 2. The molecule has 0 fully saturated rings. The van der Waals surface area contributed by atoms with E-state index in [1.807, 2.05) is 31.2 Å². The van der Waals surface area contributed by atoms with Crippen LogP contribution in [0.1, 0.15) is 33.3 Å². The first kappa shape index (κ1) is 21.8. The summed E-state index contributed by atoms with van der Waals surface area (Å²) >= 11 is 3.38. The topological polar surface area (TPSA) is 76.7 Å². The van der Waals surface area contributed by atoms with Crippen LogP contribution in [0.5, 0.6) is 11.5 Å². The summed E-state index contributed by atoms with van der Waals surface area (Å²) in [6, 6.07) is 14.5. The molecular formula is C21H25BrN2O4. The van der Waals surface area contributed by atoms with Crippen LogP contribution in [0, 0.1) is 0 Å². The molecule has 0 aliphatic carbocycles. The molecule has 2 N–H and O–H groups in total. The summed E-state index contributed by atoms with van der Waals surface area (Å²) in [6.45, 7) is 7.67. The lowest BCUT2D eigenvalue weighted by atomic mass is 9.84. The molecule has 0 aromatic heterocycles. The van der Waals surface area contributed by atoms with Crippen molar-refractivity contribution in [2.45, 2.75) is 39.2 Å². The Kier molecular flexibility index (Phi) is 7.45. The Morgan fingerprint density at radius 3 is 2.14 bits per heavy atom. The molecule has 6 nitrogen and oxygen atoms in total. The zero-order valence-corrected chi connectivity index (χ0v) is 18.0. The monoisotopic (exact) mass is 448 g/mol. The number of halogens is 1. The van der Waals surface area contributed by atoms with Crippen LogP contribution < -0.4 is 20.3 Å². The molecule has 0 saturated heterocycles. The van der Waals surface area contributed by atoms with Crippen LogP contribution in [0.15, 0.2) is 53.0 Å². The van der Waals surface area contributed by atoms with Crippen LogP contribution >= 0.6 is 15.9 Å². The summed E-state index contributed by atoms with van der Waals surface area (Å²) in [5.74, 6) is 0.493. The van der Waals surface area contributed by atoms with Crippen molar-refractivity contribution in [2.75, 3.05) is 6.61 Å². The molecule has 0 aliphatic heterocycles. The maximum Gasteiger partial charge on any atom is 0.279 e. The fraction of sp³-hybridized carbons (Fsp3) is 0.333. The van der Waals surface area contributed by atoms with E-state index in [0.29, 0.717) is 12.4 Å². The maximum absolute atomic E-state index is 12.5. The highest BCUT2D eigenvalue weighted by molar-refractivity contribution is 9.10. The van der Waals surface area contributed by atoms with Crippen molar-refractivity contribution in [3.63, 3.8) is 0 Å². The van der Waals surface area contributed by atoms with Gasteiger partial charge >= 0.3 is 0 Å². The first-order valence-corrected chi connectivity index (χ1v) is 9.79. The first-order chi connectivity index (χ1) is 13.2. The number of nitrogens with one attached hydrogen (secondary N) is 2. The van der Waals surface area contributed by atoms with Gasteiger partial charge in [0, 0.05) is 4.47 Å². The number of rotatable bonds is 7. The average Bonchev–Trinajstić information content (AvgIpc) is 2.67. The van der Waals surface area contributed by atoms with Gasteiger partial charge in [0.15, 0.2) is 6.10 Å². The minimum atomic E-state index is -0.812. The molecule has 2 rings (SSSR count). The zero-order valence-electron chi connectivity index (χ0n) is 16.4. The van der Waals surface area contributed by atoms with Gasteiger partial charge in [0.1, 0.15) is 11.5 Å². The van der Waals surface area contributed by atoms with E-state index in [-0.39, 0.29) is 5.91 Å². The van der Waals surface area contributed by atoms with E-state index in [4.69, 9.17) is 9.47 Å². The third-order valence-corrected chi connectivity index (χ3v) is 4.78. The molecule has 0 heterocycles. The van der Waals surface area contributed by atoms with Crippen LogP contribution in [0.2, 0.25) is 0 Å². The number of carbonyl (C=O) groups excluding carboxylic acids is 2. The predicted octanol–water partition coefficient (Wildman–Crippen LogP) is 3.74. The summed E-state index contributed by atoms with van der Waals surface area (Å²) in [4.78, 5) is 24.8. The third-order valence-electron chi connectivity index (χ3n) is 4.25. The van der Waals surface area contributed by atoms with Crippen molar-refractivity contribution < 1.29 is 19.1 Å². The van der Waals surface area contributed by atoms with Crippen molar-refractivity contribution in [3.8, 4) is 11.5 Å². The molecule has 0 aliphatic rings. The molecule has 1 atom stereocenters. The highest BCUT2D eigenvalue weighted by Gasteiger charge is 2.30. The highest BCUT2D eigenvalue weighted by Crippen LogP contribution is 2.25. The molecule has 2 aromatic carbocycles. The Balaban J connectivity index is 1.89. The van der Waals surface area contributed by atoms with Gasteiger partial charge in [-0.3, -0.25) is 20.4 Å². The smallest absolute Gasteiger partial charge is 0.279 e. The van der Waals surface area contributed by atoms with Crippen molar-refractivity contribution in [3.05, 3.63) is 58.6 Å². The highest BCUT2D eigenvalue weighted by atomic mass is 79.9. The standard InChI is InChI=1S/C21H25BrN2O4/c1-5-27-17-10-12-18(13-11-17)28-14(2)19(25)23-24-20(26)21(3,4)15-6-8-16(22)9-7-15/h6-14H,5H2,1-4H3,(H,23,25)(H,24,26). The molecule has 0 saturated carbocycles. The van der Waals surface area contributed by atoms with Crippen molar-refractivity contribution >= 4 is 27.7 Å². The lowest BCUT2D eigenvalue weighted by molar-refractivity contribution is -0.134. The van der Waals surface area contributed by atoms with Gasteiger partial charge in [-0.1, -0.05) is 28.1 Å². The lowest BCUT2D eigenvalue weighted by Gasteiger charge is -2.25. The van der Waals surface area contributed by atoms with Gasteiger partial charge in [-0.05, 0) is 69.7 Å². The molecule has 28 heavy (non-hydrogen) atoms. The van der Waals surface area contributed by atoms with Crippen molar-refractivity contribution in [2.24, 2.45) is 0 Å². The van der Waals surface area contributed by atoms with Gasteiger partial charge in [-0.25, -0.2) is 0 Å². The molecule has 2 amide bonds. The summed E-state index contributed by atoms with van der Waals surface area (Å²) in [5, 5.41) is 0. The second-order valence-corrected chi connectivity index (χ2v) is 7.66. The van der Waals surface area contributed by atoms with Gasteiger partial charge in [0.05, 0.1) is 12.0 Å². The summed E-state index contributed by atoms with van der Waals surface area (Å²) in [6.07, 6.45) is -0.783. The Bertz CT molecular complexity index is 804. The van der Waals surface area contributed by atoms with E-state index in [0.717, 1.165) is 15.8 Å². The number of hydrogen-bond acceptors (Lipinski definition) is 4. The molecule has 1 unspecified atom stereocenters. The Labute approximate surface area is 173 Å². The van der Waals surface area contributed by atoms with Gasteiger partial charge in [0.25, 0.3) is 5.91 Å². The fourth-order valence-electron chi connectivity index (χ4n) is 2.41. The largest absolute Gasteiger partial charge is 0.494 e. The summed E-state index contributed by atoms with van der Waals surface area (Å²) in [7, 11) is 0. The number of hydrazine groups is 1. The fourth-order valence-corrected chi connectivity index (χ4v) is 2.68. The van der Waals surface area contributed by atoms with Gasteiger partial charge < -0.3 is 9.47 Å². The zero-order chi connectivity index (χ0) is 20.7. The number of amides is 2. The van der Waals surface area contributed by atoms with Crippen molar-refractivity contribution in [1.29, 1.82) is 0 Å². The molecular weight excluding hydrogens is 424 g/mol. The van der Waals surface area contributed by atoms with Gasteiger partial charge in [0.2, 0.25) is 5.91 Å². The molecule has 0 bridgehead atoms. The van der Waals surface area contributed by atoms with Crippen LogP contribution in [0.25, 0.3) is 0 Å². The molecule has 2 aromatic rings. The van der Waals surface area contributed by atoms with E-state index in [9.17, 15) is 9.59 Å². The van der Waals surface area contributed by atoms with Crippen molar-refractivity contribution in [1.82, 2.24) is 10.9 Å². The first-order valence-electron chi connectivity index (χ1n) is 9.00. The number of ether oxygens (including phenoxy) is 2. The van der Waals surface area contributed by atoms with E-state index in [1.54, 1.807) is 45.0 Å². The molecule has 150 valence electrons. The Morgan fingerprint density at radius 1 is 1.00 bits per heavy atom. The minimum absolute atomic E-state index is 0.323. The van der Waals surface area contributed by atoms with Gasteiger partial charge in [-0.2, -0.15) is 0 Å². The minimum Gasteiger partial charge on any atom is -0.494 e. The Hall–Kier alpha value is -2.54. The van der Waals surface area contributed by atoms with E-state index >= 15 is 0 Å². The van der Waals surface area contributed by atoms with Crippen LogP contribution in [-0.4, -0.2) is 24.5 Å². The second-order valence-electron chi connectivity index (χ2n) is 6.74. The summed E-state index contributed by atoms with van der Waals surface area (Å²) < 4.78 is 11.9. The van der Waals surface area contributed by atoms with E-state index < -0.39 is 17.4 Å². The maximum atomic E-state index is 12.5. The average molecular weight is 449 g/mol. The summed E-state index contributed by atoms with van der Waals surface area (Å²) in [5.41, 5.74) is 4.92. The molecule has 0 radical (unpaired) electrons. The predicted molar refractivity (Wildman–Crippen MR) is 111 cm³/mol. The number of carbonyl (C=O) groups is 2. The third kappa shape index (κ3) is 5.73. The van der Waals surface area contributed by atoms with Gasteiger partial charge in [-0.15, -0.1) is 0 Å². The van der Waals surface area contributed by atoms with Crippen LogP contribution in [0.4, 0.5) is 0 Å². The number of hydrogen-bond donors (Lipinski definition) is 2. The van der Waals surface area contributed by atoms with E-state index in [2.05, 4.69) is 26.8 Å².